The van der Waals surface area contributed by atoms with E-state index in [2.05, 4.69) is 43.3 Å². The van der Waals surface area contributed by atoms with Crippen LogP contribution < -0.4 is 10.7 Å². The van der Waals surface area contributed by atoms with Gasteiger partial charge in [-0.05, 0) is 49.6 Å². The maximum absolute atomic E-state index is 12.3. The molecule has 0 bridgehead atoms. The van der Waals surface area contributed by atoms with E-state index in [-0.39, 0.29) is 11.3 Å². The van der Waals surface area contributed by atoms with Crippen LogP contribution in [0.25, 0.3) is 10.9 Å². The fourth-order valence-corrected chi connectivity index (χ4v) is 3.31. The standard InChI is InChI=1S/C21H23N3O2/c1-14-10-15(2)18(16(3)11-14)12-22-21(26)8-9-24-19-7-5-4-6-17(19)20(25)13-23-24/h4-7,10-11,13H,8-9,12H2,1-3H3,(H,22,26). The van der Waals surface area contributed by atoms with Crippen molar-refractivity contribution in [3.8, 4) is 0 Å². The highest BCUT2D eigenvalue weighted by atomic mass is 16.1. The van der Waals surface area contributed by atoms with Gasteiger partial charge in [0.2, 0.25) is 11.3 Å². The molecule has 0 aliphatic rings. The number of amides is 1. The molecule has 0 unspecified atom stereocenters. The molecule has 134 valence electrons. The first-order valence-corrected chi connectivity index (χ1v) is 8.74. The van der Waals surface area contributed by atoms with Gasteiger partial charge in [-0.1, -0.05) is 29.8 Å². The molecule has 1 aromatic heterocycles. The van der Waals surface area contributed by atoms with Crippen LogP contribution >= 0.6 is 0 Å². The second-order valence-corrected chi connectivity index (χ2v) is 6.65. The fraction of sp³-hybridized carbons (Fsp3) is 0.286. The SMILES string of the molecule is Cc1cc(C)c(CNC(=O)CCn2ncc(=O)c3ccccc32)c(C)c1. The summed E-state index contributed by atoms with van der Waals surface area (Å²) in [5.41, 5.74) is 5.42. The van der Waals surface area contributed by atoms with E-state index in [1.807, 2.05) is 18.2 Å². The number of benzene rings is 2. The molecule has 0 radical (unpaired) electrons. The maximum atomic E-state index is 12.3. The third kappa shape index (κ3) is 3.82. The predicted octanol–water partition coefficient (Wildman–Crippen LogP) is 3.03. The Bertz CT molecular complexity index is 998. The first kappa shape index (κ1) is 17.9. The molecule has 0 fully saturated rings. The van der Waals surface area contributed by atoms with E-state index in [1.165, 1.54) is 22.9 Å². The molecule has 5 heteroatoms. The molecule has 0 atom stereocenters. The van der Waals surface area contributed by atoms with Crippen molar-refractivity contribution in [2.75, 3.05) is 0 Å². The summed E-state index contributed by atoms with van der Waals surface area (Å²) in [6.07, 6.45) is 1.61. The largest absolute Gasteiger partial charge is 0.352 e. The Hall–Kier alpha value is -2.95. The number of aryl methyl sites for hydroxylation is 4. The molecule has 0 spiro atoms. The number of aromatic nitrogens is 2. The molecule has 3 aromatic rings. The summed E-state index contributed by atoms with van der Waals surface area (Å²) < 4.78 is 1.71. The summed E-state index contributed by atoms with van der Waals surface area (Å²) in [4.78, 5) is 24.1. The highest BCUT2D eigenvalue weighted by Gasteiger charge is 2.08. The van der Waals surface area contributed by atoms with Crippen LogP contribution in [0.1, 0.15) is 28.7 Å². The van der Waals surface area contributed by atoms with Crippen molar-refractivity contribution in [1.82, 2.24) is 15.1 Å². The number of para-hydroxylation sites is 1. The minimum atomic E-state index is -0.105. The van der Waals surface area contributed by atoms with E-state index in [1.54, 1.807) is 10.7 Å². The minimum absolute atomic E-state index is 0.0334. The summed E-state index contributed by atoms with van der Waals surface area (Å²) in [7, 11) is 0. The van der Waals surface area contributed by atoms with E-state index in [4.69, 9.17) is 0 Å². The summed E-state index contributed by atoms with van der Waals surface area (Å²) >= 11 is 0. The van der Waals surface area contributed by atoms with Crippen LogP contribution in [0.2, 0.25) is 0 Å². The van der Waals surface area contributed by atoms with Crippen LogP contribution in [0, 0.1) is 20.8 Å². The van der Waals surface area contributed by atoms with Gasteiger partial charge in [-0.2, -0.15) is 5.10 Å². The molecule has 0 aliphatic carbocycles. The predicted molar refractivity (Wildman–Crippen MR) is 103 cm³/mol. The molecular formula is C21H23N3O2. The molecule has 1 heterocycles. The van der Waals surface area contributed by atoms with Gasteiger partial charge >= 0.3 is 0 Å². The van der Waals surface area contributed by atoms with Gasteiger partial charge in [0.15, 0.2) is 0 Å². The summed E-state index contributed by atoms with van der Waals surface area (Å²) in [5, 5.41) is 7.77. The number of fused-ring (bicyclic) bond motifs is 1. The van der Waals surface area contributed by atoms with E-state index in [0.717, 1.165) is 11.1 Å². The molecule has 1 N–H and O–H groups in total. The van der Waals surface area contributed by atoms with Crippen LogP contribution in [-0.2, 0) is 17.9 Å². The van der Waals surface area contributed by atoms with Crippen LogP contribution in [-0.4, -0.2) is 15.7 Å². The van der Waals surface area contributed by atoms with Crippen LogP contribution in [0.15, 0.2) is 47.4 Å². The van der Waals surface area contributed by atoms with Crippen molar-refractivity contribution >= 4 is 16.8 Å². The number of hydrogen-bond donors (Lipinski definition) is 1. The average Bonchev–Trinajstić information content (AvgIpc) is 2.60. The number of hydrogen-bond acceptors (Lipinski definition) is 3. The van der Waals surface area contributed by atoms with Gasteiger partial charge in [0.05, 0.1) is 18.3 Å². The Morgan fingerprint density at radius 3 is 2.54 bits per heavy atom. The number of rotatable bonds is 5. The number of carbonyl (C=O) groups excluding carboxylic acids is 1. The normalized spacial score (nSPS) is 10.9. The van der Waals surface area contributed by atoms with Crippen LogP contribution in [0.3, 0.4) is 0 Å². The Kier molecular flexibility index (Phi) is 5.16. The van der Waals surface area contributed by atoms with Crippen molar-refractivity contribution in [3.05, 3.63) is 75.1 Å². The average molecular weight is 349 g/mol. The lowest BCUT2D eigenvalue weighted by molar-refractivity contribution is -0.121. The zero-order valence-corrected chi connectivity index (χ0v) is 15.4. The molecule has 0 saturated heterocycles. The summed E-state index contributed by atoms with van der Waals surface area (Å²) in [5.74, 6) is -0.0334. The zero-order chi connectivity index (χ0) is 18.7. The highest BCUT2D eigenvalue weighted by molar-refractivity contribution is 5.79. The summed E-state index contributed by atoms with van der Waals surface area (Å²) in [6.45, 7) is 7.16. The summed E-state index contributed by atoms with van der Waals surface area (Å²) in [6, 6.07) is 11.6. The Morgan fingerprint density at radius 2 is 1.81 bits per heavy atom. The van der Waals surface area contributed by atoms with E-state index in [0.29, 0.717) is 24.9 Å². The van der Waals surface area contributed by atoms with E-state index >= 15 is 0 Å². The molecule has 2 aromatic carbocycles. The third-order valence-corrected chi connectivity index (χ3v) is 4.62. The van der Waals surface area contributed by atoms with Gasteiger partial charge in [-0.3, -0.25) is 14.3 Å². The minimum Gasteiger partial charge on any atom is -0.352 e. The lowest BCUT2D eigenvalue weighted by Crippen LogP contribution is -2.25. The van der Waals surface area contributed by atoms with Crippen molar-refractivity contribution < 1.29 is 4.79 Å². The topological polar surface area (TPSA) is 64.0 Å². The molecule has 0 aliphatic heterocycles. The van der Waals surface area contributed by atoms with Crippen molar-refractivity contribution in [2.45, 2.75) is 40.3 Å². The molecule has 0 saturated carbocycles. The first-order valence-electron chi connectivity index (χ1n) is 8.74. The van der Waals surface area contributed by atoms with Gasteiger partial charge in [-0.25, -0.2) is 0 Å². The number of nitrogens with zero attached hydrogens (tertiary/aromatic N) is 2. The van der Waals surface area contributed by atoms with Gasteiger partial charge < -0.3 is 5.32 Å². The Balaban J connectivity index is 1.65. The Morgan fingerprint density at radius 1 is 1.12 bits per heavy atom. The molecule has 26 heavy (non-hydrogen) atoms. The van der Waals surface area contributed by atoms with Gasteiger partial charge in [0.1, 0.15) is 0 Å². The first-order chi connectivity index (χ1) is 12.5. The van der Waals surface area contributed by atoms with Crippen molar-refractivity contribution in [1.29, 1.82) is 0 Å². The second-order valence-electron chi connectivity index (χ2n) is 6.65. The fourth-order valence-electron chi connectivity index (χ4n) is 3.31. The molecule has 1 amide bonds. The zero-order valence-electron chi connectivity index (χ0n) is 15.4. The smallest absolute Gasteiger partial charge is 0.222 e. The van der Waals surface area contributed by atoms with Gasteiger partial charge in [0.25, 0.3) is 0 Å². The van der Waals surface area contributed by atoms with Gasteiger partial charge in [-0.15, -0.1) is 0 Å². The number of carbonyl (C=O) groups is 1. The Labute approximate surface area is 152 Å². The van der Waals surface area contributed by atoms with Crippen LogP contribution in [0.5, 0.6) is 0 Å². The van der Waals surface area contributed by atoms with E-state index < -0.39 is 0 Å². The maximum Gasteiger partial charge on any atom is 0.222 e. The van der Waals surface area contributed by atoms with Gasteiger partial charge in [0, 0.05) is 18.4 Å². The monoisotopic (exact) mass is 349 g/mol. The second kappa shape index (κ2) is 7.52. The van der Waals surface area contributed by atoms with Crippen LogP contribution in [0.4, 0.5) is 0 Å². The van der Waals surface area contributed by atoms with Crippen molar-refractivity contribution in [2.24, 2.45) is 0 Å². The van der Waals surface area contributed by atoms with E-state index in [9.17, 15) is 9.59 Å². The highest BCUT2D eigenvalue weighted by Crippen LogP contribution is 2.16. The molecule has 5 nitrogen and oxygen atoms in total. The lowest BCUT2D eigenvalue weighted by atomic mass is 10.00. The molecular weight excluding hydrogens is 326 g/mol. The quantitative estimate of drug-likeness (QED) is 0.770. The molecule has 3 rings (SSSR count). The third-order valence-electron chi connectivity index (χ3n) is 4.62. The van der Waals surface area contributed by atoms with Crippen molar-refractivity contribution in [3.63, 3.8) is 0 Å². The number of nitrogens with one attached hydrogen (secondary N) is 1. The lowest BCUT2D eigenvalue weighted by Gasteiger charge is -2.13.